The van der Waals surface area contributed by atoms with E-state index in [1.165, 1.54) is 0 Å². The van der Waals surface area contributed by atoms with Crippen LogP contribution in [0, 0.1) is 6.92 Å². The van der Waals surface area contributed by atoms with Gasteiger partial charge in [0.2, 0.25) is 5.91 Å². The Bertz CT molecular complexity index is 486. The summed E-state index contributed by atoms with van der Waals surface area (Å²) in [7, 11) is 0. The second kappa shape index (κ2) is 5.74. The summed E-state index contributed by atoms with van der Waals surface area (Å²) in [6.45, 7) is 6.06. The summed E-state index contributed by atoms with van der Waals surface area (Å²) < 4.78 is 0. The molecule has 1 aromatic heterocycles. The van der Waals surface area contributed by atoms with Crippen molar-refractivity contribution < 1.29 is 4.79 Å². The molecular formula is C13H19ClN4O. The number of aromatic nitrogens is 2. The minimum absolute atomic E-state index is 0.0114. The van der Waals surface area contributed by atoms with Gasteiger partial charge in [-0.05, 0) is 19.8 Å². The second-order valence-electron chi connectivity index (χ2n) is 5.20. The highest BCUT2D eigenvalue weighted by Gasteiger charge is 2.23. The SMILES string of the molecule is Cc1c(Cl)nc(C(C)C)nc1NCC(=O)NC1CC1. The highest BCUT2D eigenvalue weighted by molar-refractivity contribution is 6.30. The van der Waals surface area contributed by atoms with Crippen molar-refractivity contribution in [3.8, 4) is 0 Å². The summed E-state index contributed by atoms with van der Waals surface area (Å²) in [5.74, 6) is 1.50. The molecule has 2 N–H and O–H groups in total. The van der Waals surface area contributed by atoms with E-state index < -0.39 is 0 Å². The highest BCUT2D eigenvalue weighted by Crippen LogP contribution is 2.23. The molecule has 1 heterocycles. The van der Waals surface area contributed by atoms with Gasteiger partial charge in [-0.1, -0.05) is 25.4 Å². The Morgan fingerprint density at radius 2 is 2.11 bits per heavy atom. The number of nitrogens with zero attached hydrogens (tertiary/aromatic N) is 2. The third-order valence-electron chi connectivity index (χ3n) is 2.98. The van der Waals surface area contributed by atoms with Crippen molar-refractivity contribution >= 4 is 23.3 Å². The first-order valence-electron chi connectivity index (χ1n) is 6.54. The van der Waals surface area contributed by atoms with Crippen LogP contribution in [0.1, 0.15) is 44.0 Å². The first-order chi connectivity index (χ1) is 8.97. The molecule has 0 unspecified atom stereocenters. The topological polar surface area (TPSA) is 66.9 Å². The van der Waals surface area contributed by atoms with Gasteiger partial charge in [0.25, 0.3) is 0 Å². The van der Waals surface area contributed by atoms with Gasteiger partial charge in [0.05, 0.1) is 6.54 Å². The maximum atomic E-state index is 11.6. The minimum Gasteiger partial charge on any atom is -0.361 e. The van der Waals surface area contributed by atoms with Crippen LogP contribution in [0.4, 0.5) is 5.82 Å². The van der Waals surface area contributed by atoms with Crippen LogP contribution in [0.5, 0.6) is 0 Å². The molecule has 0 aliphatic heterocycles. The Hall–Kier alpha value is -1.36. The fraction of sp³-hybridized carbons (Fsp3) is 0.615. The van der Waals surface area contributed by atoms with E-state index in [4.69, 9.17) is 11.6 Å². The fourth-order valence-electron chi connectivity index (χ4n) is 1.61. The molecule has 1 saturated carbocycles. The maximum absolute atomic E-state index is 11.6. The van der Waals surface area contributed by atoms with E-state index in [0.717, 1.165) is 18.4 Å². The highest BCUT2D eigenvalue weighted by atomic mass is 35.5. The predicted octanol–water partition coefficient (Wildman–Crippen LogP) is 2.25. The zero-order valence-electron chi connectivity index (χ0n) is 11.5. The molecule has 19 heavy (non-hydrogen) atoms. The van der Waals surface area contributed by atoms with Gasteiger partial charge in [0.15, 0.2) is 0 Å². The number of nitrogens with one attached hydrogen (secondary N) is 2. The van der Waals surface area contributed by atoms with Gasteiger partial charge in [-0.25, -0.2) is 9.97 Å². The standard InChI is InChI=1S/C13H19ClN4O/c1-7(2)12-17-11(14)8(3)13(18-12)15-6-10(19)16-9-4-5-9/h7,9H,4-6H2,1-3H3,(H,16,19)(H,15,17,18). The zero-order valence-corrected chi connectivity index (χ0v) is 12.2. The maximum Gasteiger partial charge on any atom is 0.239 e. The predicted molar refractivity (Wildman–Crippen MR) is 75.5 cm³/mol. The minimum atomic E-state index is -0.0114. The number of hydrogen-bond acceptors (Lipinski definition) is 4. The van der Waals surface area contributed by atoms with Crippen molar-refractivity contribution in [2.45, 2.75) is 45.6 Å². The lowest BCUT2D eigenvalue weighted by Gasteiger charge is -2.12. The molecule has 0 bridgehead atoms. The Morgan fingerprint density at radius 3 is 2.68 bits per heavy atom. The fourth-order valence-corrected chi connectivity index (χ4v) is 1.78. The molecule has 0 atom stereocenters. The van der Waals surface area contributed by atoms with Crippen LogP contribution in [-0.2, 0) is 4.79 Å². The number of anilines is 1. The molecule has 1 fully saturated rings. The van der Waals surface area contributed by atoms with E-state index in [1.54, 1.807) is 0 Å². The number of carbonyl (C=O) groups excluding carboxylic acids is 1. The molecule has 1 aliphatic carbocycles. The summed E-state index contributed by atoms with van der Waals surface area (Å²) in [6, 6.07) is 0.371. The second-order valence-corrected chi connectivity index (χ2v) is 5.55. The molecule has 0 spiro atoms. The van der Waals surface area contributed by atoms with Crippen molar-refractivity contribution in [1.82, 2.24) is 15.3 Å². The largest absolute Gasteiger partial charge is 0.361 e. The van der Waals surface area contributed by atoms with Gasteiger partial charge in [-0.2, -0.15) is 0 Å². The van der Waals surface area contributed by atoms with Crippen molar-refractivity contribution in [3.63, 3.8) is 0 Å². The van der Waals surface area contributed by atoms with Gasteiger partial charge >= 0.3 is 0 Å². The molecule has 1 aromatic rings. The number of halogens is 1. The summed E-state index contributed by atoms with van der Waals surface area (Å²) in [4.78, 5) is 20.3. The summed E-state index contributed by atoms with van der Waals surface area (Å²) in [5.41, 5.74) is 0.769. The summed E-state index contributed by atoms with van der Waals surface area (Å²) >= 11 is 6.08. The number of carbonyl (C=O) groups is 1. The lowest BCUT2D eigenvalue weighted by molar-refractivity contribution is -0.119. The monoisotopic (exact) mass is 282 g/mol. The Kier molecular flexibility index (Phi) is 4.24. The molecule has 2 rings (SSSR count). The van der Waals surface area contributed by atoms with E-state index in [0.29, 0.717) is 22.8 Å². The van der Waals surface area contributed by atoms with Crippen molar-refractivity contribution in [3.05, 3.63) is 16.5 Å². The van der Waals surface area contributed by atoms with E-state index in [2.05, 4.69) is 20.6 Å². The Labute approximate surface area is 118 Å². The van der Waals surface area contributed by atoms with Crippen LogP contribution in [-0.4, -0.2) is 28.5 Å². The Morgan fingerprint density at radius 1 is 1.42 bits per heavy atom. The molecule has 0 saturated heterocycles. The average molecular weight is 283 g/mol. The average Bonchev–Trinajstić information content (AvgIpc) is 3.14. The summed E-state index contributed by atoms with van der Waals surface area (Å²) in [5, 5.41) is 6.39. The van der Waals surface area contributed by atoms with Crippen LogP contribution in [0.15, 0.2) is 0 Å². The quantitative estimate of drug-likeness (QED) is 0.813. The Balaban J connectivity index is 2.03. The molecule has 0 aromatic carbocycles. The molecule has 1 aliphatic rings. The number of rotatable bonds is 5. The van der Waals surface area contributed by atoms with E-state index >= 15 is 0 Å². The van der Waals surface area contributed by atoms with Crippen LogP contribution in [0.2, 0.25) is 5.15 Å². The van der Waals surface area contributed by atoms with Gasteiger partial charge in [0.1, 0.15) is 16.8 Å². The lowest BCUT2D eigenvalue weighted by Crippen LogP contribution is -2.31. The van der Waals surface area contributed by atoms with Crippen molar-refractivity contribution in [2.24, 2.45) is 0 Å². The summed E-state index contributed by atoms with van der Waals surface area (Å²) in [6.07, 6.45) is 2.17. The molecular weight excluding hydrogens is 264 g/mol. The number of hydrogen-bond donors (Lipinski definition) is 2. The zero-order chi connectivity index (χ0) is 14.0. The smallest absolute Gasteiger partial charge is 0.239 e. The first kappa shape index (κ1) is 14.1. The third kappa shape index (κ3) is 3.80. The van der Waals surface area contributed by atoms with Crippen molar-refractivity contribution in [1.29, 1.82) is 0 Å². The van der Waals surface area contributed by atoms with Gasteiger partial charge in [-0.3, -0.25) is 4.79 Å². The molecule has 1 amide bonds. The van der Waals surface area contributed by atoms with Crippen LogP contribution >= 0.6 is 11.6 Å². The van der Waals surface area contributed by atoms with Gasteiger partial charge in [-0.15, -0.1) is 0 Å². The molecule has 104 valence electrons. The van der Waals surface area contributed by atoms with Crippen LogP contribution < -0.4 is 10.6 Å². The van der Waals surface area contributed by atoms with E-state index in [-0.39, 0.29) is 18.4 Å². The van der Waals surface area contributed by atoms with Crippen LogP contribution in [0.3, 0.4) is 0 Å². The molecule has 0 radical (unpaired) electrons. The van der Waals surface area contributed by atoms with Gasteiger partial charge < -0.3 is 10.6 Å². The van der Waals surface area contributed by atoms with Gasteiger partial charge in [0, 0.05) is 17.5 Å². The van der Waals surface area contributed by atoms with Crippen LogP contribution in [0.25, 0.3) is 0 Å². The van der Waals surface area contributed by atoms with E-state index in [1.807, 2.05) is 20.8 Å². The number of amides is 1. The first-order valence-corrected chi connectivity index (χ1v) is 6.92. The van der Waals surface area contributed by atoms with E-state index in [9.17, 15) is 4.79 Å². The normalized spacial score (nSPS) is 14.6. The lowest BCUT2D eigenvalue weighted by atomic mass is 10.2. The molecule has 6 heteroatoms. The molecule has 5 nitrogen and oxygen atoms in total. The van der Waals surface area contributed by atoms with Crippen molar-refractivity contribution in [2.75, 3.05) is 11.9 Å². The third-order valence-corrected chi connectivity index (χ3v) is 3.35.